The van der Waals surface area contributed by atoms with E-state index in [1.807, 2.05) is 45.3 Å². The van der Waals surface area contributed by atoms with E-state index in [1.54, 1.807) is 64.1 Å². The highest BCUT2D eigenvalue weighted by Crippen LogP contribution is 2.50. The number of aromatic nitrogens is 2. The van der Waals surface area contributed by atoms with E-state index in [4.69, 9.17) is 50.0 Å². The first kappa shape index (κ1) is 65.9. The minimum absolute atomic E-state index is 0.0172. The summed E-state index contributed by atoms with van der Waals surface area (Å²) in [5.41, 5.74) is 1.99. The Kier molecular flexibility index (Phi) is 21.4. The summed E-state index contributed by atoms with van der Waals surface area (Å²) in [7, 11) is 14.6. The average molecular weight is 1270 g/mol. The van der Waals surface area contributed by atoms with E-state index in [0.717, 1.165) is 89.8 Å². The molecule has 0 unspecified atom stereocenters. The number of amides is 4. The number of ether oxygens (including phenoxy) is 6. The maximum atomic E-state index is 14.4. The summed E-state index contributed by atoms with van der Waals surface area (Å²) in [6.45, 7) is 11.4. The molecule has 4 fully saturated rings. The summed E-state index contributed by atoms with van der Waals surface area (Å²) >= 11 is 6.86. The van der Waals surface area contributed by atoms with Crippen molar-refractivity contribution in [3.63, 3.8) is 0 Å². The van der Waals surface area contributed by atoms with Gasteiger partial charge in [0.25, 0.3) is 0 Å². The molecule has 3 aromatic carbocycles. The molecule has 2 N–H and O–H groups in total. The first-order valence-corrected chi connectivity index (χ1v) is 32.9. The number of rotatable bonds is 20. The number of piperazine rings is 1. The van der Waals surface area contributed by atoms with E-state index < -0.39 is 65.7 Å². The summed E-state index contributed by atoms with van der Waals surface area (Å²) < 4.78 is 35.3. The average Bonchev–Trinajstić information content (AvgIpc) is 1.73. The van der Waals surface area contributed by atoms with Gasteiger partial charge in [-0.3, -0.25) is 19.7 Å². The summed E-state index contributed by atoms with van der Waals surface area (Å²) in [5.74, 6) is 2.44. The number of methoxy groups -OCH3 is 3. The molecule has 8 atom stereocenters. The second kappa shape index (κ2) is 28.5. The summed E-state index contributed by atoms with van der Waals surface area (Å²) in [6, 6.07) is 17.0. The monoisotopic (exact) mass is 1270 g/mol. The smallest absolute Gasteiger partial charge is 0.409 e. The Hall–Kier alpha value is -6.50. The van der Waals surface area contributed by atoms with Crippen molar-refractivity contribution >= 4 is 96.8 Å². The molecule has 1 saturated carbocycles. The van der Waals surface area contributed by atoms with Crippen LogP contribution in [0, 0.1) is 5.92 Å². The van der Waals surface area contributed by atoms with Crippen LogP contribution in [0.1, 0.15) is 83.5 Å². The zero-order valence-corrected chi connectivity index (χ0v) is 54.7. The van der Waals surface area contributed by atoms with Crippen LogP contribution in [0.4, 0.5) is 27.7 Å². The number of carbonyl (C=O) groups is 5. The van der Waals surface area contributed by atoms with Crippen LogP contribution in [0.15, 0.2) is 78.4 Å². The lowest BCUT2D eigenvalue weighted by atomic mass is 9.83. The Labute approximate surface area is 529 Å². The Morgan fingerprint density at radius 3 is 2.30 bits per heavy atom. The van der Waals surface area contributed by atoms with Crippen LogP contribution < -0.4 is 34.4 Å². The van der Waals surface area contributed by atoms with Crippen LogP contribution in [-0.2, 0) is 44.5 Å². The van der Waals surface area contributed by atoms with Gasteiger partial charge in [0, 0.05) is 128 Å². The molecule has 5 heterocycles. The number of hydrogen-bond donors (Lipinski definition) is 2. The number of likely N-dealkylation sites (N-methyl/N-ethyl adjacent to an activating group) is 3. The number of anilines is 4. The predicted molar refractivity (Wildman–Crippen MR) is 345 cm³/mol. The van der Waals surface area contributed by atoms with Crippen molar-refractivity contribution in [1.29, 1.82) is 0 Å². The van der Waals surface area contributed by atoms with E-state index in [2.05, 4.69) is 44.3 Å². The molecular weight excluding hydrogens is 1190 g/mol. The van der Waals surface area contributed by atoms with E-state index in [0.29, 0.717) is 54.8 Å². The van der Waals surface area contributed by atoms with Crippen molar-refractivity contribution in [3.8, 4) is 11.5 Å². The number of carbonyl (C=O) groups excluding carboxylic acids is 5. The molecule has 4 aromatic rings. The molecule has 9 rings (SSSR count). The van der Waals surface area contributed by atoms with Crippen molar-refractivity contribution in [1.82, 2.24) is 25.1 Å². The Balaban J connectivity index is 0.765. The number of hydrogen-bond acceptors (Lipinski definition) is 19. The SMILES string of the molecule is COc1ccccc1N1CCN(c2nc(C3CC3)nc3ccc(N(C)CCN(C)C(=O)CCSSCCC(=O)N(C)[C@@H](C)C(=O)O[C@H]4CC(=O)N(C)c5cc(cc(OC)c5Cl)C/C(C)=C/C=C/[C@@H](OC)[C@@]5(O)C[C@H](OC(=O)N5)[C@@H](C)[C@@H]5O[C@@]45C)cc23)CC1. The van der Waals surface area contributed by atoms with Gasteiger partial charge in [-0.15, -0.1) is 0 Å². The third-order valence-corrected chi connectivity index (χ3v) is 20.5. The number of fused-ring (bicyclic) bond motifs is 6. The molecule has 3 saturated heterocycles. The van der Waals surface area contributed by atoms with Gasteiger partial charge in [0.2, 0.25) is 17.7 Å². The molecule has 24 heteroatoms. The van der Waals surface area contributed by atoms with Crippen LogP contribution in [0.25, 0.3) is 10.9 Å². The van der Waals surface area contributed by atoms with E-state index in [9.17, 15) is 29.1 Å². The van der Waals surface area contributed by atoms with Crippen molar-refractivity contribution < 1.29 is 57.5 Å². The predicted octanol–water partition coefficient (Wildman–Crippen LogP) is 8.43. The zero-order chi connectivity index (χ0) is 63.2. The molecule has 21 nitrogen and oxygen atoms in total. The largest absolute Gasteiger partial charge is 0.495 e. The van der Waals surface area contributed by atoms with Crippen molar-refractivity contribution in [3.05, 3.63) is 94.8 Å². The van der Waals surface area contributed by atoms with Crippen LogP contribution in [-0.4, -0.2) is 197 Å². The summed E-state index contributed by atoms with van der Waals surface area (Å²) in [6.07, 6.45) is 3.33. The fourth-order valence-electron chi connectivity index (χ4n) is 11.7. The lowest BCUT2D eigenvalue weighted by molar-refractivity contribution is -0.162. The van der Waals surface area contributed by atoms with E-state index in [1.165, 1.54) is 52.7 Å². The summed E-state index contributed by atoms with van der Waals surface area (Å²) in [5, 5.41) is 15.7. The second-order valence-electron chi connectivity index (χ2n) is 23.8. The molecular formula is C64H84ClN9O12S2. The lowest BCUT2D eigenvalue weighted by Gasteiger charge is -2.42. The van der Waals surface area contributed by atoms with Gasteiger partial charge in [0.1, 0.15) is 58.1 Å². The first-order chi connectivity index (χ1) is 42.1. The third kappa shape index (κ3) is 15.2. The Bertz CT molecular complexity index is 3280. The van der Waals surface area contributed by atoms with Gasteiger partial charge in [0.05, 0.1) is 43.6 Å². The topological polar surface area (TPSA) is 222 Å². The fraction of sp³-hybridized carbons (Fsp3) is 0.547. The van der Waals surface area contributed by atoms with Gasteiger partial charge < -0.3 is 62.9 Å². The van der Waals surface area contributed by atoms with Crippen LogP contribution in [0.3, 0.4) is 0 Å². The van der Waals surface area contributed by atoms with Gasteiger partial charge in [-0.25, -0.2) is 19.6 Å². The number of allylic oxidation sites excluding steroid dienone is 3. The first-order valence-electron chi connectivity index (χ1n) is 30.0. The van der Waals surface area contributed by atoms with Gasteiger partial charge in [-0.1, -0.05) is 76.0 Å². The highest BCUT2D eigenvalue weighted by atomic mass is 35.5. The van der Waals surface area contributed by atoms with Crippen molar-refractivity contribution in [2.24, 2.45) is 5.92 Å². The number of para-hydroxylation sites is 2. The molecule has 4 bridgehead atoms. The number of nitrogens with one attached hydrogen (secondary N) is 1. The zero-order valence-electron chi connectivity index (χ0n) is 52.3. The number of aliphatic hydroxyl groups is 1. The number of esters is 1. The number of benzene rings is 3. The molecule has 476 valence electrons. The Morgan fingerprint density at radius 1 is 0.909 bits per heavy atom. The van der Waals surface area contributed by atoms with Gasteiger partial charge >= 0.3 is 12.1 Å². The molecule has 88 heavy (non-hydrogen) atoms. The number of halogens is 1. The maximum absolute atomic E-state index is 14.4. The van der Waals surface area contributed by atoms with Gasteiger partial charge in [0.15, 0.2) is 5.72 Å². The molecule has 1 aromatic heterocycles. The number of alkyl carbamates (subject to hydrolysis) is 1. The second-order valence-corrected chi connectivity index (χ2v) is 26.9. The lowest BCUT2D eigenvalue weighted by Crippen LogP contribution is -2.63. The minimum atomic E-state index is -1.86. The maximum Gasteiger partial charge on any atom is 0.409 e. The van der Waals surface area contributed by atoms with Crippen LogP contribution in [0.2, 0.25) is 5.02 Å². The molecule has 4 aliphatic heterocycles. The Morgan fingerprint density at radius 2 is 1.60 bits per heavy atom. The minimum Gasteiger partial charge on any atom is -0.495 e. The van der Waals surface area contributed by atoms with Crippen LogP contribution in [0.5, 0.6) is 11.5 Å². The van der Waals surface area contributed by atoms with E-state index in [-0.39, 0.29) is 36.1 Å². The van der Waals surface area contributed by atoms with Crippen molar-refractivity contribution in [2.45, 2.75) is 120 Å². The van der Waals surface area contributed by atoms with E-state index >= 15 is 0 Å². The standard InChI is InChI=1S/C64H84ClN9O12S2/c1-39-15-14-18-52(83-11)64(80)38-51(84-62(79)68-64)40(2)58-63(4,86-58)53(37-56(77)72(8)48-34-42(33-39)35-50(82-10)57(48)65)85-61(78)41(3)71(7)55(76)24-32-88-87-31-23-54(75)70(6)26-25-69(5)44-21-22-46-45(36-44)60(67-59(66-46)43-19-20-43)74-29-27-73(28-30-74)47-16-12-13-17-49(47)81-9/h12-18,21-22,34-36,40-41,43,51-53,58,80H,19-20,23-33,37-38H2,1-11H3,(H,68,79)/b18-14+,39-15+/t40-,41+,51+,52-,53+,58+,63+,64+/m1/s1. The van der Waals surface area contributed by atoms with Crippen LogP contribution >= 0.6 is 33.2 Å². The highest BCUT2D eigenvalue weighted by molar-refractivity contribution is 8.76. The number of epoxide rings is 1. The molecule has 0 radical (unpaired) electrons. The molecule has 4 amide bonds. The highest BCUT2D eigenvalue weighted by Gasteiger charge is 2.64. The van der Waals surface area contributed by atoms with Crippen molar-refractivity contribution in [2.75, 3.05) is 120 Å². The molecule has 5 aliphatic rings. The fourth-order valence-corrected chi connectivity index (χ4v) is 14.0. The number of nitrogens with zero attached hydrogens (tertiary/aromatic N) is 8. The summed E-state index contributed by atoms with van der Waals surface area (Å²) in [4.78, 5) is 90.3. The van der Waals surface area contributed by atoms with Gasteiger partial charge in [-0.2, -0.15) is 0 Å². The normalized spacial score (nSPS) is 25.3. The molecule has 1 aliphatic carbocycles. The molecule has 0 spiro atoms. The van der Waals surface area contributed by atoms with Gasteiger partial charge in [-0.05, 0) is 88.1 Å². The quantitative estimate of drug-likeness (QED) is 0.0367. The third-order valence-electron chi connectivity index (χ3n) is 17.7.